The smallest absolute Gasteiger partial charge is 0.332 e. The summed E-state index contributed by atoms with van der Waals surface area (Å²) in [5, 5.41) is 0. The molecule has 2 radical (unpaired) electrons. The summed E-state index contributed by atoms with van der Waals surface area (Å²) >= 11 is 0. The van der Waals surface area contributed by atoms with Crippen molar-refractivity contribution in [3.8, 4) is 0 Å². The van der Waals surface area contributed by atoms with Crippen LogP contribution in [-0.2, 0) is 19.0 Å². The third-order valence-electron chi connectivity index (χ3n) is 1.23. The molecule has 0 aromatic rings. The molecule has 0 aliphatic rings. The van der Waals surface area contributed by atoms with E-state index in [1.54, 1.807) is 21.1 Å². The number of hydrogen-bond donors (Lipinski definition) is 0. The summed E-state index contributed by atoms with van der Waals surface area (Å²) in [6, 6.07) is 0. The molecule has 0 rings (SSSR count). The monoisotopic (exact) mass is 202 g/mol. The largest absolute Gasteiger partial charge is 0.466 e. The molecule has 0 N–H and O–H groups in total. The first-order valence-corrected chi connectivity index (χ1v) is 5.02. The Labute approximate surface area is 80.7 Å². The highest BCUT2D eigenvalue weighted by molar-refractivity contribution is 6.36. The van der Waals surface area contributed by atoms with Crippen molar-refractivity contribution in [1.82, 2.24) is 0 Å². The summed E-state index contributed by atoms with van der Waals surface area (Å²) in [6.45, 7) is 5.07. The average Bonchev–Trinajstić information content (AvgIpc) is 2.12. The molecule has 0 aliphatic carbocycles. The van der Waals surface area contributed by atoms with Crippen LogP contribution < -0.4 is 0 Å². The maximum absolute atomic E-state index is 10.9. The molecule has 0 bridgehead atoms. The number of rotatable bonds is 6. The van der Waals surface area contributed by atoms with E-state index in [1.165, 1.54) is 0 Å². The van der Waals surface area contributed by atoms with Gasteiger partial charge in [0.15, 0.2) is 9.52 Å². The molecule has 0 amide bonds. The van der Waals surface area contributed by atoms with Gasteiger partial charge in [-0.3, -0.25) is 0 Å². The van der Waals surface area contributed by atoms with Crippen molar-refractivity contribution in [2.75, 3.05) is 20.4 Å². The third kappa shape index (κ3) is 5.56. The topological polar surface area (TPSA) is 44.8 Å². The summed E-state index contributed by atoms with van der Waals surface area (Å²) in [7, 11) is 3.37. The normalized spacial score (nSPS) is 10.2. The van der Waals surface area contributed by atoms with Crippen LogP contribution in [0.4, 0.5) is 0 Å². The van der Waals surface area contributed by atoms with Crippen LogP contribution in [0.2, 0.25) is 0 Å². The van der Waals surface area contributed by atoms with Gasteiger partial charge in [-0.2, -0.15) is 0 Å². The SMILES string of the molecule is C=C(C)C(=O)OC[Si]C(OC)OC. The van der Waals surface area contributed by atoms with Crippen LogP contribution >= 0.6 is 0 Å². The first-order valence-electron chi connectivity index (χ1n) is 3.73. The first-order chi connectivity index (χ1) is 6.11. The zero-order chi connectivity index (χ0) is 10.3. The lowest BCUT2D eigenvalue weighted by atomic mass is 10.4. The number of esters is 1. The summed E-state index contributed by atoms with van der Waals surface area (Å²) in [5.74, 6) is -0.670. The van der Waals surface area contributed by atoms with Crippen molar-refractivity contribution in [1.29, 1.82) is 0 Å². The van der Waals surface area contributed by atoms with Crippen LogP contribution in [0.3, 0.4) is 0 Å². The van der Waals surface area contributed by atoms with Gasteiger partial charge in [0, 0.05) is 19.8 Å². The van der Waals surface area contributed by atoms with Crippen LogP contribution in [0.15, 0.2) is 12.2 Å². The van der Waals surface area contributed by atoms with Gasteiger partial charge < -0.3 is 14.2 Å². The fraction of sp³-hybridized carbons (Fsp3) is 0.625. The second-order valence-corrected chi connectivity index (χ2v) is 3.53. The molecule has 0 heterocycles. The van der Waals surface area contributed by atoms with Gasteiger partial charge in [-0.15, -0.1) is 0 Å². The van der Waals surface area contributed by atoms with Crippen LogP contribution in [0.5, 0.6) is 0 Å². The van der Waals surface area contributed by atoms with Crippen LogP contribution in [-0.4, -0.2) is 41.9 Å². The van der Waals surface area contributed by atoms with Crippen molar-refractivity contribution in [2.24, 2.45) is 0 Å². The van der Waals surface area contributed by atoms with E-state index >= 15 is 0 Å². The number of carbonyl (C=O) groups excluding carboxylic acids is 1. The molecule has 13 heavy (non-hydrogen) atoms. The number of ether oxygens (including phenoxy) is 3. The lowest BCUT2D eigenvalue weighted by Crippen LogP contribution is -2.26. The van der Waals surface area contributed by atoms with E-state index < -0.39 is 0 Å². The molecular weight excluding hydrogens is 188 g/mol. The molecule has 0 aromatic carbocycles. The molecule has 0 aromatic heterocycles. The van der Waals surface area contributed by atoms with E-state index in [4.69, 9.17) is 14.2 Å². The molecule has 0 unspecified atom stereocenters. The minimum atomic E-state index is -0.376. The lowest BCUT2D eigenvalue weighted by molar-refractivity contribution is -0.137. The molecule has 0 spiro atoms. The van der Waals surface area contributed by atoms with Crippen molar-refractivity contribution in [3.63, 3.8) is 0 Å². The summed E-state index contributed by atoms with van der Waals surface area (Å²) in [5.41, 5.74) is 0.399. The van der Waals surface area contributed by atoms with Crippen LogP contribution in [0.25, 0.3) is 0 Å². The minimum absolute atomic E-state index is 0.280. The molecule has 0 aliphatic heterocycles. The Morgan fingerprint density at radius 2 is 2.00 bits per heavy atom. The van der Waals surface area contributed by atoms with Gasteiger partial charge >= 0.3 is 5.97 Å². The van der Waals surface area contributed by atoms with E-state index in [1.807, 2.05) is 0 Å². The molecule has 0 saturated heterocycles. The highest BCUT2D eigenvalue weighted by atomic mass is 28.2. The third-order valence-corrected chi connectivity index (χ3v) is 2.35. The second-order valence-electron chi connectivity index (χ2n) is 2.36. The fourth-order valence-corrected chi connectivity index (χ4v) is 1.25. The van der Waals surface area contributed by atoms with Gasteiger partial charge in [0.1, 0.15) is 5.91 Å². The molecular formula is C8H14O4Si. The van der Waals surface area contributed by atoms with Crippen molar-refractivity contribution in [2.45, 2.75) is 12.8 Å². The molecule has 4 nitrogen and oxygen atoms in total. The number of carbonyl (C=O) groups is 1. The Morgan fingerprint density at radius 3 is 2.38 bits per heavy atom. The Morgan fingerprint density at radius 1 is 1.46 bits per heavy atom. The Bertz CT molecular complexity index is 177. The van der Waals surface area contributed by atoms with Crippen molar-refractivity contribution in [3.05, 3.63) is 12.2 Å². The predicted molar refractivity (Wildman–Crippen MR) is 49.3 cm³/mol. The highest BCUT2D eigenvalue weighted by Gasteiger charge is 2.09. The van der Waals surface area contributed by atoms with E-state index in [2.05, 4.69) is 6.58 Å². The lowest BCUT2D eigenvalue weighted by Gasteiger charge is -2.11. The number of methoxy groups -OCH3 is 2. The maximum Gasteiger partial charge on any atom is 0.332 e. The van der Waals surface area contributed by atoms with E-state index in [9.17, 15) is 4.79 Å². The van der Waals surface area contributed by atoms with Crippen LogP contribution in [0.1, 0.15) is 6.92 Å². The van der Waals surface area contributed by atoms with Crippen molar-refractivity contribution >= 4 is 15.5 Å². The standard InChI is InChI=1S/C8H14O4Si/c1-6(2)7(9)12-5-13-8(10-3)11-4/h8H,1,5H2,2-4H3. The van der Waals surface area contributed by atoms with Gasteiger partial charge in [0.25, 0.3) is 0 Å². The quantitative estimate of drug-likeness (QED) is 0.270. The van der Waals surface area contributed by atoms with Crippen molar-refractivity contribution < 1.29 is 19.0 Å². The fourth-order valence-electron chi connectivity index (χ4n) is 0.561. The Kier molecular flexibility index (Phi) is 6.48. The zero-order valence-corrected chi connectivity index (χ0v) is 9.12. The van der Waals surface area contributed by atoms with Gasteiger partial charge in [0.05, 0.1) is 6.23 Å². The summed E-state index contributed by atoms with van der Waals surface area (Å²) in [6.07, 6.45) is 0.304. The van der Waals surface area contributed by atoms with Gasteiger partial charge in [0.2, 0.25) is 0 Å². The van der Waals surface area contributed by atoms with Gasteiger partial charge in [-0.25, -0.2) is 4.79 Å². The summed E-state index contributed by atoms with van der Waals surface area (Å²) < 4.78 is 14.7. The molecule has 0 saturated carbocycles. The highest BCUT2D eigenvalue weighted by Crippen LogP contribution is 1.93. The maximum atomic E-state index is 10.9. The molecule has 0 atom stereocenters. The van der Waals surface area contributed by atoms with Gasteiger partial charge in [-0.1, -0.05) is 6.58 Å². The predicted octanol–water partition coefficient (Wildman–Crippen LogP) is 0.344. The zero-order valence-electron chi connectivity index (χ0n) is 8.12. The van der Waals surface area contributed by atoms with Crippen LogP contribution in [0, 0.1) is 0 Å². The molecule has 5 heteroatoms. The Hall–Kier alpha value is -0.653. The van der Waals surface area contributed by atoms with Gasteiger partial charge in [-0.05, 0) is 6.92 Å². The Balaban J connectivity index is 3.54. The van der Waals surface area contributed by atoms with E-state index in [0.29, 0.717) is 11.8 Å². The van der Waals surface area contributed by atoms with E-state index in [-0.39, 0.29) is 21.4 Å². The molecule has 0 fully saturated rings. The average molecular weight is 202 g/mol. The van der Waals surface area contributed by atoms with E-state index in [0.717, 1.165) is 0 Å². The number of hydrogen-bond acceptors (Lipinski definition) is 4. The first kappa shape index (κ1) is 12.3. The minimum Gasteiger partial charge on any atom is -0.466 e. The summed E-state index contributed by atoms with van der Waals surface area (Å²) in [4.78, 5) is 10.9. The molecule has 74 valence electrons. The second kappa shape index (κ2) is 6.82.